The fourth-order valence-corrected chi connectivity index (χ4v) is 2.89. The van der Waals surface area contributed by atoms with Gasteiger partial charge in [-0.1, -0.05) is 6.92 Å². The van der Waals surface area contributed by atoms with Gasteiger partial charge < -0.3 is 5.11 Å². The normalized spacial score (nSPS) is 43.1. The summed E-state index contributed by atoms with van der Waals surface area (Å²) in [6, 6.07) is 0. The number of fused-ring (bicyclic) bond motifs is 1. The van der Waals surface area contributed by atoms with Gasteiger partial charge in [0.25, 0.3) is 0 Å². The van der Waals surface area contributed by atoms with E-state index in [1.54, 1.807) is 0 Å². The van der Waals surface area contributed by atoms with Crippen molar-refractivity contribution in [3.63, 3.8) is 0 Å². The Bertz CT molecular complexity index is 224. The highest BCUT2D eigenvalue weighted by molar-refractivity contribution is 5.85. The molecule has 0 radical (unpaired) electrons. The molecule has 2 nitrogen and oxygen atoms in total. The Kier molecular flexibility index (Phi) is 2.18. The first-order chi connectivity index (χ1) is 6.17. The number of Topliss-reactive ketones (excluding diaryl/α,β-unsaturated/α-hetero) is 1. The lowest BCUT2D eigenvalue weighted by Crippen LogP contribution is -2.28. The average molecular weight is 182 g/mol. The van der Waals surface area contributed by atoms with Crippen molar-refractivity contribution >= 4 is 5.78 Å². The first-order valence-electron chi connectivity index (χ1n) is 5.31. The van der Waals surface area contributed by atoms with Crippen molar-refractivity contribution in [3.05, 3.63) is 0 Å². The lowest BCUT2D eigenvalue weighted by Gasteiger charge is -2.33. The van der Waals surface area contributed by atoms with Crippen LogP contribution in [-0.2, 0) is 4.79 Å². The lowest BCUT2D eigenvalue weighted by molar-refractivity contribution is -0.123. The number of aliphatic hydroxyl groups excluding tert-OH is 1. The van der Waals surface area contributed by atoms with Crippen LogP contribution in [-0.4, -0.2) is 17.5 Å². The number of carbonyl (C=O) groups excluding carboxylic acids is 1. The highest BCUT2D eigenvalue weighted by atomic mass is 16.2. The summed E-state index contributed by atoms with van der Waals surface area (Å²) in [5, 5.41) is 8.80. The molecule has 0 spiro atoms. The van der Waals surface area contributed by atoms with E-state index in [4.69, 9.17) is 5.11 Å². The predicted molar refractivity (Wildman–Crippen MR) is 50.3 cm³/mol. The highest BCUT2D eigenvalue weighted by Gasteiger charge is 2.55. The van der Waals surface area contributed by atoms with Crippen LogP contribution >= 0.6 is 0 Å². The summed E-state index contributed by atoms with van der Waals surface area (Å²) >= 11 is 0. The molecule has 3 atom stereocenters. The number of rotatable bonds is 3. The van der Waals surface area contributed by atoms with E-state index in [1.165, 1.54) is 0 Å². The summed E-state index contributed by atoms with van der Waals surface area (Å²) in [5.74, 6) is 1.55. The van der Waals surface area contributed by atoms with Crippen molar-refractivity contribution in [2.75, 3.05) is 6.61 Å². The van der Waals surface area contributed by atoms with Gasteiger partial charge in [-0.2, -0.15) is 0 Å². The molecule has 2 heteroatoms. The second kappa shape index (κ2) is 3.09. The van der Waals surface area contributed by atoms with Crippen LogP contribution in [0.4, 0.5) is 0 Å². The van der Waals surface area contributed by atoms with Crippen LogP contribution in [0.5, 0.6) is 0 Å². The van der Waals surface area contributed by atoms with E-state index in [-0.39, 0.29) is 0 Å². The van der Waals surface area contributed by atoms with Crippen molar-refractivity contribution in [2.24, 2.45) is 17.3 Å². The fraction of sp³-hybridized carbons (Fsp3) is 0.909. The van der Waals surface area contributed by atoms with Crippen molar-refractivity contribution < 1.29 is 9.90 Å². The molecule has 74 valence electrons. The maximum atomic E-state index is 11.3. The van der Waals surface area contributed by atoms with Crippen molar-refractivity contribution in [2.45, 2.75) is 39.0 Å². The van der Waals surface area contributed by atoms with Crippen molar-refractivity contribution in [1.82, 2.24) is 0 Å². The van der Waals surface area contributed by atoms with Gasteiger partial charge in [0.2, 0.25) is 0 Å². The van der Waals surface area contributed by atoms with E-state index >= 15 is 0 Å². The highest BCUT2D eigenvalue weighted by Crippen LogP contribution is 2.59. The molecule has 1 N–H and O–H groups in total. The number of hydrogen-bond acceptors (Lipinski definition) is 2. The SMILES string of the molecule is CC1(CCCO)CCC(=O)C2CC21. The summed E-state index contributed by atoms with van der Waals surface area (Å²) in [6.07, 6.45) is 4.95. The van der Waals surface area contributed by atoms with E-state index in [0.717, 1.165) is 32.1 Å². The summed E-state index contributed by atoms with van der Waals surface area (Å²) < 4.78 is 0. The third-order valence-electron chi connectivity index (χ3n) is 3.95. The number of ketones is 1. The van der Waals surface area contributed by atoms with E-state index in [0.29, 0.717) is 29.6 Å². The standard InChI is InChI=1S/C11H18O2/c1-11(4-2-6-12)5-3-10(13)8-7-9(8)11/h8-9,12H,2-7H2,1H3. The molecule has 0 saturated heterocycles. The fourth-order valence-electron chi connectivity index (χ4n) is 2.89. The minimum Gasteiger partial charge on any atom is -0.396 e. The molecular formula is C11H18O2. The molecule has 2 rings (SSSR count). The molecule has 0 aromatic carbocycles. The van der Waals surface area contributed by atoms with Crippen LogP contribution in [0.25, 0.3) is 0 Å². The van der Waals surface area contributed by atoms with Crippen molar-refractivity contribution in [1.29, 1.82) is 0 Å². The molecule has 0 aromatic heterocycles. The molecule has 2 saturated carbocycles. The van der Waals surface area contributed by atoms with Crippen LogP contribution in [0, 0.1) is 17.3 Å². The Balaban J connectivity index is 1.96. The third kappa shape index (κ3) is 1.52. The smallest absolute Gasteiger partial charge is 0.136 e. The zero-order chi connectivity index (χ0) is 9.47. The van der Waals surface area contributed by atoms with Crippen LogP contribution in [0.2, 0.25) is 0 Å². The zero-order valence-electron chi connectivity index (χ0n) is 8.25. The topological polar surface area (TPSA) is 37.3 Å². The Morgan fingerprint density at radius 2 is 2.38 bits per heavy atom. The number of hydrogen-bond donors (Lipinski definition) is 1. The monoisotopic (exact) mass is 182 g/mol. The summed E-state index contributed by atoms with van der Waals surface area (Å²) in [6.45, 7) is 2.58. The first kappa shape index (κ1) is 9.20. The van der Waals surface area contributed by atoms with Crippen LogP contribution < -0.4 is 0 Å². The molecule has 3 unspecified atom stereocenters. The Labute approximate surface area is 79.3 Å². The molecule has 0 aromatic rings. The average Bonchev–Trinajstić information content (AvgIpc) is 2.89. The maximum absolute atomic E-state index is 11.3. The lowest BCUT2D eigenvalue weighted by atomic mass is 9.72. The third-order valence-corrected chi connectivity index (χ3v) is 3.95. The van der Waals surface area contributed by atoms with Crippen LogP contribution in [0.3, 0.4) is 0 Å². The van der Waals surface area contributed by atoms with Gasteiger partial charge in [-0.15, -0.1) is 0 Å². The second-order valence-electron chi connectivity index (χ2n) is 4.90. The van der Waals surface area contributed by atoms with Gasteiger partial charge in [0, 0.05) is 18.9 Å². The van der Waals surface area contributed by atoms with Gasteiger partial charge in [0.1, 0.15) is 5.78 Å². The molecule has 0 bridgehead atoms. The Morgan fingerprint density at radius 3 is 3.08 bits per heavy atom. The van der Waals surface area contributed by atoms with E-state index in [9.17, 15) is 4.79 Å². The Hall–Kier alpha value is -0.370. The quantitative estimate of drug-likeness (QED) is 0.722. The second-order valence-corrected chi connectivity index (χ2v) is 4.90. The summed E-state index contributed by atoms with van der Waals surface area (Å²) in [4.78, 5) is 11.3. The summed E-state index contributed by atoms with van der Waals surface area (Å²) in [5.41, 5.74) is 0.362. The molecule has 0 amide bonds. The van der Waals surface area contributed by atoms with Gasteiger partial charge >= 0.3 is 0 Å². The van der Waals surface area contributed by atoms with Gasteiger partial charge in [-0.05, 0) is 37.0 Å². The van der Waals surface area contributed by atoms with Gasteiger partial charge in [-0.25, -0.2) is 0 Å². The molecule has 0 heterocycles. The van der Waals surface area contributed by atoms with Gasteiger partial charge in [0.05, 0.1) is 0 Å². The van der Waals surface area contributed by atoms with Gasteiger partial charge in [-0.3, -0.25) is 4.79 Å². The molecular weight excluding hydrogens is 164 g/mol. The molecule has 2 fully saturated rings. The van der Waals surface area contributed by atoms with Crippen LogP contribution in [0.1, 0.15) is 39.0 Å². The molecule has 13 heavy (non-hydrogen) atoms. The number of carbonyl (C=O) groups is 1. The van der Waals surface area contributed by atoms with Gasteiger partial charge in [0.15, 0.2) is 0 Å². The maximum Gasteiger partial charge on any atom is 0.136 e. The van der Waals surface area contributed by atoms with E-state index in [2.05, 4.69) is 6.92 Å². The van der Waals surface area contributed by atoms with Crippen molar-refractivity contribution in [3.8, 4) is 0 Å². The minimum atomic E-state index is 0.293. The van der Waals surface area contributed by atoms with E-state index in [1.807, 2.05) is 0 Å². The first-order valence-corrected chi connectivity index (χ1v) is 5.31. The molecule has 2 aliphatic carbocycles. The molecule has 0 aliphatic heterocycles. The summed E-state index contributed by atoms with van der Waals surface area (Å²) in [7, 11) is 0. The van der Waals surface area contributed by atoms with E-state index < -0.39 is 0 Å². The largest absolute Gasteiger partial charge is 0.396 e. The predicted octanol–water partition coefficient (Wildman–Crippen LogP) is 1.76. The Morgan fingerprint density at radius 1 is 1.62 bits per heavy atom. The number of aliphatic hydroxyl groups is 1. The minimum absolute atomic E-state index is 0.293. The van der Waals surface area contributed by atoms with Crippen LogP contribution in [0.15, 0.2) is 0 Å². The molecule has 2 aliphatic rings. The zero-order valence-corrected chi connectivity index (χ0v) is 8.25.